The van der Waals surface area contributed by atoms with Crippen molar-refractivity contribution in [3.8, 4) is 0 Å². The van der Waals surface area contributed by atoms with E-state index < -0.39 is 0 Å². The third-order valence-electron chi connectivity index (χ3n) is 3.63. The standard InChI is InChI=1S/C14H20N4O2/c1-14(2,9-19)5-12-8-18(17-16-12)7-11-6-15-20-13(11)10-3-4-10/h6,8,10,19H,3-5,7,9H2,1-2H3. The molecule has 0 radical (unpaired) electrons. The summed E-state index contributed by atoms with van der Waals surface area (Å²) < 4.78 is 7.13. The lowest BCUT2D eigenvalue weighted by molar-refractivity contribution is 0.158. The summed E-state index contributed by atoms with van der Waals surface area (Å²) in [5.74, 6) is 1.54. The fourth-order valence-electron chi connectivity index (χ4n) is 2.29. The summed E-state index contributed by atoms with van der Waals surface area (Å²) in [5, 5.41) is 21.5. The van der Waals surface area contributed by atoms with Gasteiger partial charge >= 0.3 is 0 Å². The molecule has 0 aromatic carbocycles. The van der Waals surface area contributed by atoms with Gasteiger partial charge in [0.25, 0.3) is 0 Å². The Morgan fingerprint density at radius 2 is 2.25 bits per heavy atom. The summed E-state index contributed by atoms with van der Waals surface area (Å²) in [6, 6.07) is 0. The maximum Gasteiger partial charge on any atom is 0.144 e. The van der Waals surface area contributed by atoms with Gasteiger partial charge in [0.2, 0.25) is 0 Å². The molecule has 0 amide bonds. The topological polar surface area (TPSA) is 77.0 Å². The largest absolute Gasteiger partial charge is 0.396 e. The van der Waals surface area contributed by atoms with Gasteiger partial charge in [0.05, 0.1) is 18.4 Å². The van der Waals surface area contributed by atoms with Gasteiger partial charge in [0, 0.05) is 30.7 Å². The van der Waals surface area contributed by atoms with Gasteiger partial charge < -0.3 is 9.63 Å². The molecule has 2 heterocycles. The van der Waals surface area contributed by atoms with Crippen molar-refractivity contribution in [3.05, 3.63) is 29.4 Å². The minimum Gasteiger partial charge on any atom is -0.396 e. The van der Waals surface area contributed by atoms with Gasteiger partial charge in [-0.3, -0.25) is 0 Å². The Labute approximate surface area is 117 Å². The molecule has 0 atom stereocenters. The fourth-order valence-corrected chi connectivity index (χ4v) is 2.29. The van der Waals surface area contributed by atoms with Crippen molar-refractivity contribution in [3.63, 3.8) is 0 Å². The van der Waals surface area contributed by atoms with Gasteiger partial charge in [-0.25, -0.2) is 4.68 Å². The molecule has 0 unspecified atom stereocenters. The molecule has 0 saturated heterocycles. The van der Waals surface area contributed by atoms with Gasteiger partial charge in [-0.2, -0.15) is 0 Å². The highest BCUT2D eigenvalue weighted by Gasteiger charge is 2.30. The van der Waals surface area contributed by atoms with Crippen LogP contribution in [0.25, 0.3) is 0 Å². The van der Waals surface area contributed by atoms with E-state index in [0.717, 1.165) is 17.0 Å². The molecule has 108 valence electrons. The smallest absolute Gasteiger partial charge is 0.144 e. The summed E-state index contributed by atoms with van der Waals surface area (Å²) in [6.45, 7) is 4.80. The minimum absolute atomic E-state index is 0.136. The van der Waals surface area contributed by atoms with Crippen molar-refractivity contribution >= 4 is 0 Å². The second-order valence-corrected chi connectivity index (χ2v) is 6.40. The van der Waals surface area contributed by atoms with Crippen LogP contribution in [0, 0.1) is 5.41 Å². The molecule has 1 aliphatic carbocycles. The Bertz CT molecular complexity index is 584. The average Bonchev–Trinajstić information content (AvgIpc) is 3.00. The maximum absolute atomic E-state index is 9.30. The molecule has 0 aliphatic heterocycles. The van der Waals surface area contributed by atoms with Crippen LogP contribution in [0.2, 0.25) is 0 Å². The molecule has 1 fully saturated rings. The lowest BCUT2D eigenvalue weighted by atomic mass is 9.89. The number of aliphatic hydroxyl groups excluding tert-OH is 1. The highest BCUT2D eigenvalue weighted by molar-refractivity contribution is 5.21. The van der Waals surface area contributed by atoms with E-state index in [-0.39, 0.29) is 12.0 Å². The van der Waals surface area contributed by atoms with Crippen LogP contribution in [0.5, 0.6) is 0 Å². The maximum atomic E-state index is 9.30. The van der Waals surface area contributed by atoms with Crippen molar-refractivity contribution in [1.82, 2.24) is 20.2 Å². The Morgan fingerprint density at radius 3 is 2.95 bits per heavy atom. The summed E-state index contributed by atoms with van der Waals surface area (Å²) in [6.07, 6.45) is 6.79. The predicted octanol–water partition coefficient (Wildman–Crippen LogP) is 1.75. The predicted molar refractivity (Wildman–Crippen MR) is 72.2 cm³/mol. The summed E-state index contributed by atoms with van der Waals surface area (Å²) in [5.41, 5.74) is 1.82. The molecular weight excluding hydrogens is 256 g/mol. The molecule has 1 aliphatic rings. The highest BCUT2D eigenvalue weighted by atomic mass is 16.5. The molecule has 0 bridgehead atoms. The lowest BCUT2D eigenvalue weighted by Crippen LogP contribution is -2.19. The summed E-state index contributed by atoms with van der Waals surface area (Å²) in [7, 11) is 0. The van der Waals surface area contributed by atoms with Crippen LogP contribution >= 0.6 is 0 Å². The molecule has 20 heavy (non-hydrogen) atoms. The number of nitrogens with zero attached hydrogens (tertiary/aromatic N) is 4. The van der Waals surface area contributed by atoms with E-state index >= 15 is 0 Å². The highest BCUT2D eigenvalue weighted by Crippen LogP contribution is 2.41. The number of aromatic nitrogens is 4. The molecule has 2 aromatic rings. The van der Waals surface area contributed by atoms with E-state index in [1.165, 1.54) is 12.8 Å². The normalized spacial score (nSPS) is 15.8. The molecule has 2 aromatic heterocycles. The summed E-state index contributed by atoms with van der Waals surface area (Å²) in [4.78, 5) is 0. The van der Waals surface area contributed by atoms with Gasteiger partial charge in [-0.1, -0.05) is 24.2 Å². The van der Waals surface area contributed by atoms with Crippen molar-refractivity contribution in [2.75, 3.05) is 6.61 Å². The monoisotopic (exact) mass is 276 g/mol. The first-order valence-corrected chi connectivity index (χ1v) is 7.01. The van der Waals surface area contributed by atoms with Crippen molar-refractivity contribution in [1.29, 1.82) is 0 Å². The number of hydrogen-bond acceptors (Lipinski definition) is 5. The molecular formula is C14H20N4O2. The first-order valence-electron chi connectivity index (χ1n) is 7.01. The van der Waals surface area contributed by atoms with Crippen molar-refractivity contribution in [2.24, 2.45) is 5.41 Å². The van der Waals surface area contributed by atoms with E-state index in [0.29, 0.717) is 18.9 Å². The van der Waals surface area contributed by atoms with E-state index in [9.17, 15) is 5.11 Å². The molecule has 0 spiro atoms. The number of hydrogen-bond donors (Lipinski definition) is 1. The second kappa shape index (κ2) is 5.01. The Hall–Kier alpha value is -1.69. The first-order chi connectivity index (χ1) is 9.57. The summed E-state index contributed by atoms with van der Waals surface area (Å²) >= 11 is 0. The van der Waals surface area contributed by atoms with Crippen LogP contribution in [-0.4, -0.2) is 31.9 Å². The fraction of sp³-hybridized carbons (Fsp3) is 0.643. The zero-order valence-corrected chi connectivity index (χ0v) is 11.9. The van der Waals surface area contributed by atoms with E-state index in [2.05, 4.69) is 15.5 Å². The van der Waals surface area contributed by atoms with Crippen LogP contribution in [0.15, 0.2) is 16.9 Å². The van der Waals surface area contributed by atoms with E-state index in [4.69, 9.17) is 4.52 Å². The Kier molecular flexibility index (Phi) is 3.33. The third-order valence-corrected chi connectivity index (χ3v) is 3.63. The van der Waals surface area contributed by atoms with Gasteiger partial charge in [-0.05, 0) is 18.3 Å². The molecule has 1 saturated carbocycles. The molecule has 3 rings (SSSR count). The van der Waals surface area contributed by atoms with E-state index in [1.807, 2.05) is 20.0 Å². The average molecular weight is 276 g/mol. The van der Waals surface area contributed by atoms with Gasteiger partial charge in [-0.15, -0.1) is 5.10 Å². The number of aliphatic hydroxyl groups is 1. The van der Waals surface area contributed by atoms with E-state index in [1.54, 1.807) is 10.9 Å². The molecule has 6 heteroatoms. The molecule has 6 nitrogen and oxygen atoms in total. The van der Waals surface area contributed by atoms with Gasteiger partial charge in [0.15, 0.2) is 0 Å². The van der Waals surface area contributed by atoms with Crippen molar-refractivity contribution in [2.45, 2.75) is 45.6 Å². The van der Waals surface area contributed by atoms with Gasteiger partial charge in [0.1, 0.15) is 5.76 Å². The second-order valence-electron chi connectivity index (χ2n) is 6.40. The Balaban J connectivity index is 1.69. The van der Waals surface area contributed by atoms with Crippen LogP contribution in [0.4, 0.5) is 0 Å². The molecule has 1 N–H and O–H groups in total. The first kappa shape index (κ1) is 13.3. The lowest BCUT2D eigenvalue weighted by Gasteiger charge is -2.19. The third kappa shape index (κ3) is 2.90. The van der Waals surface area contributed by atoms with Crippen LogP contribution in [-0.2, 0) is 13.0 Å². The van der Waals surface area contributed by atoms with Crippen LogP contribution < -0.4 is 0 Å². The van der Waals surface area contributed by atoms with Crippen molar-refractivity contribution < 1.29 is 9.63 Å². The quantitative estimate of drug-likeness (QED) is 0.869. The zero-order chi connectivity index (χ0) is 14.2. The van der Waals surface area contributed by atoms with Crippen LogP contribution in [0.3, 0.4) is 0 Å². The van der Waals surface area contributed by atoms with Crippen LogP contribution in [0.1, 0.15) is 49.6 Å². The zero-order valence-electron chi connectivity index (χ0n) is 11.9. The number of rotatable bonds is 6. The minimum atomic E-state index is -0.169. The Morgan fingerprint density at radius 1 is 1.45 bits per heavy atom. The SMILES string of the molecule is CC(C)(CO)Cc1cn(Cc2cnoc2C2CC2)nn1.